The summed E-state index contributed by atoms with van der Waals surface area (Å²) in [5, 5.41) is 4.91. The van der Waals surface area contributed by atoms with Crippen molar-refractivity contribution in [3.63, 3.8) is 0 Å². The molecule has 4 rings (SSSR count). The molecule has 0 bridgehead atoms. The summed E-state index contributed by atoms with van der Waals surface area (Å²) in [6.45, 7) is 1.75. The Kier molecular flexibility index (Phi) is 6.79. The van der Waals surface area contributed by atoms with Crippen LogP contribution in [0.2, 0.25) is 0 Å². The van der Waals surface area contributed by atoms with Crippen LogP contribution in [-0.4, -0.2) is 39.9 Å². The van der Waals surface area contributed by atoms with Gasteiger partial charge in [0.1, 0.15) is 12.8 Å². The number of benzene rings is 3. The van der Waals surface area contributed by atoms with E-state index < -0.39 is 26.1 Å². The number of para-hydroxylation sites is 1. The van der Waals surface area contributed by atoms with Gasteiger partial charge >= 0.3 is 0 Å². The summed E-state index contributed by atoms with van der Waals surface area (Å²) >= 11 is 0. The average Bonchev–Trinajstić information content (AvgIpc) is 3.22. The number of oxime groups is 1. The van der Waals surface area contributed by atoms with Gasteiger partial charge in [0.15, 0.2) is 0 Å². The second-order valence-electron chi connectivity index (χ2n) is 8.03. The molecule has 0 unspecified atom stereocenters. The highest BCUT2D eigenvalue weighted by atomic mass is 32.2. The molecule has 0 saturated carbocycles. The number of nitrogens with one attached hydrogen (secondary N) is 1. The maximum Gasteiger partial charge on any atom is 0.268 e. The number of aromatic nitrogens is 1. The minimum Gasteiger partial charge on any atom is -0.399 e. The lowest BCUT2D eigenvalue weighted by atomic mass is 9.99. The average molecular weight is 512 g/mol. The van der Waals surface area contributed by atoms with Crippen molar-refractivity contribution in [2.24, 2.45) is 5.16 Å². The third-order valence-corrected chi connectivity index (χ3v) is 7.96. The zero-order chi connectivity index (χ0) is 25.2. The van der Waals surface area contributed by atoms with Crippen LogP contribution in [0.3, 0.4) is 0 Å². The number of nitrogens with zero attached hydrogens (tertiary/aromatic N) is 2. The zero-order valence-electron chi connectivity index (χ0n) is 19.4. The second kappa shape index (κ2) is 9.65. The van der Waals surface area contributed by atoms with Gasteiger partial charge in [0.2, 0.25) is 10.0 Å². The Morgan fingerprint density at radius 2 is 1.54 bits per heavy atom. The van der Waals surface area contributed by atoms with Gasteiger partial charge in [-0.1, -0.05) is 65.8 Å². The Morgan fingerprint density at radius 1 is 0.914 bits per heavy atom. The third-order valence-electron chi connectivity index (χ3n) is 5.49. The van der Waals surface area contributed by atoms with Crippen molar-refractivity contribution in [2.45, 2.75) is 17.9 Å². The first kappa shape index (κ1) is 24.6. The van der Waals surface area contributed by atoms with E-state index in [0.29, 0.717) is 27.7 Å². The molecule has 1 atom stereocenters. The Bertz CT molecular complexity index is 1590. The van der Waals surface area contributed by atoms with Gasteiger partial charge in [-0.05, 0) is 30.7 Å². The normalized spacial score (nSPS) is 13.6. The highest BCUT2D eigenvalue weighted by Gasteiger charge is 2.24. The predicted octanol–water partition coefficient (Wildman–Crippen LogP) is 3.89. The largest absolute Gasteiger partial charge is 0.399 e. The van der Waals surface area contributed by atoms with Crippen LogP contribution < -0.4 is 4.72 Å². The first-order valence-electron chi connectivity index (χ1n) is 10.7. The van der Waals surface area contributed by atoms with E-state index in [1.807, 2.05) is 12.1 Å². The first-order chi connectivity index (χ1) is 16.6. The summed E-state index contributed by atoms with van der Waals surface area (Å²) in [7, 11) is -5.79. The van der Waals surface area contributed by atoms with Crippen LogP contribution in [0.5, 0.6) is 0 Å². The molecule has 1 N–H and O–H groups in total. The summed E-state index contributed by atoms with van der Waals surface area (Å²) in [5.74, 6) is 0. The van der Waals surface area contributed by atoms with Crippen molar-refractivity contribution in [2.75, 3.05) is 13.4 Å². The third kappa shape index (κ3) is 5.14. The molecule has 182 valence electrons. The Balaban J connectivity index is 1.82. The van der Waals surface area contributed by atoms with E-state index in [1.54, 1.807) is 79.9 Å². The van der Waals surface area contributed by atoms with Crippen LogP contribution in [-0.2, 0) is 24.9 Å². The molecule has 0 fully saturated rings. The van der Waals surface area contributed by atoms with Crippen LogP contribution >= 0.6 is 0 Å². The van der Waals surface area contributed by atoms with Crippen molar-refractivity contribution in [1.29, 1.82) is 0 Å². The van der Waals surface area contributed by atoms with Crippen LogP contribution in [0, 0.1) is 0 Å². The molecular weight excluding hydrogens is 486 g/mol. The molecule has 3 aromatic carbocycles. The van der Waals surface area contributed by atoms with Crippen LogP contribution in [0.4, 0.5) is 0 Å². The molecule has 0 spiro atoms. The monoisotopic (exact) mass is 511 g/mol. The Morgan fingerprint density at radius 3 is 2.17 bits per heavy atom. The molecule has 0 saturated heterocycles. The molecule has 10 heteroatoms. The molecule has 0 radical (unpaired) electrons. The van der Waals surface area contributed by atoms with Crippen LogP contribution in [0.25, 0.3) is 10.9 Å². The number of fused-ring (bicyclic) bond motifs is 1. The number of rotatable bonds is 8. The highest BCUT2D eigenvalue weighted by Crippen LogP contribution is 2.28. The lowest BCUT2D eigenvalue weighted by molar-refractivity contribution is 0.214. The van der Waals surface area contributed by atoms with Gasteiger partial charge in [-0.2, -0.15) is 0 Å². The van der Waals surface area contributed by atoms with E-state index in [1.165, 1.54) is 11.1 Å². The molecular formula is C25H25N3O5S2. The molecule has 0 aliphatic carbocycles. The van der Waals surface area contributed by atoms with Gasteiger partial charge in [-0.25, -0.2) is 25.5 Å². The minimum absolute atomic E-state index is 0.175. The van der Waals surface area contributed by atoms with Crippen molar-refractivity contribution >= 4 is 36.7 Å². The van der Waals surface area contributed by atoms with Gasteiger partial charge in [0.05, 0.1) is 16.7 Å². The molecule has 8 nitrogen and oxygen atoms in total. The molecule has 0 aliphatic heterocycles. The zero-order valence-corrected chi connectivity index (χ0v) is 21.0. The number of hydrogen-bond donors (Lipinski definition) is 1. The SMILES string of the molecule is CON=C(c1ccc([C@H](C)NS(C)(=O)=O)cc1)c1cn(S(=O)(=O)c2ccccc2)c2ccccc12. The lowest BCUT2D eigenvalue weighted by Crippen LogP contribution is -2.25. The van der Waals surface area contributed by atoms with Gasteiger partial charge in [0.25, 0.3) is 10.0 Å². The summed E-state index contributed by atoms with van der Waals surface area (Å²) in [4.78, 5) is 5.30. The lowest BCUT2D eigenvalue weighted by Gasteiger charge is -2.13. The maximum absolute atomic E-state index is 13.4. The van der Waals surface area contributed by atoms with E-state index in [4.69, 9.17) is 4.84 Å². The van der Waals surface area contributed by atoms with Crippen molar-refractivity contribution in [1.82, 2.24) is 8.69 Å². The molecule has 1 heterocycles. The van der Waals surface area contributed by atoms with Crippen LogP contribution in [0.1, 0.15) is 29.7 Å². The fraction of sp³-hybridized carbons (Fsp3) is 0.160. The van der Waals surface area contributed by atoms with Crippen molar-refractivity contribution in [3.05, 3.63) is 102 Å². The Hall–Kier alpha value is -3.47. The molecule has 4 aromatic rings. The quantitative estimate of drug-likeness (QED) is 0.285. The summed E-state index contributed by atoms with van der Waals surface area (Å²) in [6.07, 6.45) is 2.66. The van der Waals surface area contributed by atoms with E-state index >= 15 is 0 Å². The summed E-state index contributed by atoms with van der Waals surface area (Å²) in [6, 6.07) is 22.2. The molecule has 35 heavy (non-hydrogen) atoms. The van der Waals surface area contributed by atoms with E-state index in [-0.39, 0.29) is 4.90 Å². The summed E-state index contributed by atoms with van der Waals surface area (Å²) < 4.78 is 53.8. The molecule has 0 amide bonds. The van der Waals surface area contributed by atoms with E-state index in [0.717, 1.165) is 11.8 Å². The van der Waals surface area contributed by atoms with Crippen molar-refractivity contribution in [3.8, 4) is 0 Å². The Labute approximate surface area is 205 Å². The minimum atomic E-state index is -3.86. The number of sulfonamides is 1. The van der Waals surface area contributed by atoms with Gasteiger partial charge in [0, 0.05) is 28.8 Å². The van der Waals surface area contributed by atoms with Crippen LogP contribution in [0.15, 0.2) is 95.1 Å². The smallest absolute Gasteiger partial charge is 0.268 e. The first-order valence-corrected chi connectivity index (χ1v) is 14.0. The summed E-state index contributed by atoms with van der Waals surface area (Å²) in [5.41, 5.74) is 2.99. The van der Waals surface area contributed by atoms with Gasteiger partial charge in [-0.15, -0.1) is 0 Å². The number of hydrogen-bond acceptors (Lipinski definition) is 6. The van der Waals surface area contributed by atoms with Gasteiger partial charge < -0.3 is 4.84 Å². The van der Waals surface area contributed by atoms with E-state index in [9.17, 15) is 16.8 Å². The predicted molar refractivity (Wildman–Crippen MR) is 136 cm³/mol. The maximum atomic E-state index is 13.4. The second-order valence-corrected chi connectivity index (χ2v) is 11.6. The standard InChI is InChI=1S/C25H25N3O5S2/c1-18(27-34(3,29)30)19-13-15-20(16-14-19)25(26-33-2)23-17-28(24-12-8-7-11-22(23)24)35(31,32)21-9-5-4-6-10-21/h4-18,27H,1-3H3/t18-/m0/s1. The van der Waals surface area contributed by atoms with Crippen molar-refractivity contribution < 1.29 is 21.7 Å². The highest BCUT2D eigenvalue weighted by molar-refractivity contribution is 7.90. The molecule has 0 aliphatic rings. The molecule has 1 aromatic heterocycles. The fourth-order valence-corrected chi connectivity index (χ4v) is 6.08. The van der Waals surface area contributed by atoms with Gasteiger partial charge in [-0.3, -0.25) is 0 Å². The van der Waals surface area contributed by atoms with E-state index in [2.05, 4.69) is 9.88 Å². The fourth-order valence-electron chi connectivity index (χ4n) is 3.91. The topological polar surface area (TPSA) is 107 Å².